The monoisotopic (exact) mass is 303 g/mol. The molecule has 108 valence electrons. The summed E-state index contributed by atoms with van der Waals surface area (Å²) in [6, 6.07) is 6.80. The number of aromatic nitrogens is 1. The Morgan fingerprint density at radius 3 is 2.90 bits per heavy atom. The highest BCUT2D eigenvalue weighted by Gasteiger charge is 2.11. The molecule has 0 fully saturated rings. The van der Waals surface area contributed by atoms with E-state index in [2.05, 4.69) is 22.1 Å². The highest BCUT2D eigenvalue weighted by atomic mass is 35.5. The van der Waals surface area contributed by atoms with E-state index in [1.807, 2.05) is 0 Å². The first kappa shape index (κ1) is 15.0. The minimum atomic E-state index is -0.316. The van der Waals surface area contributed by atoms with Gasteiger partial charge in [0.2, 0.25) is 0 Å². The molecule has 0 aliphatic carbocycles. The van der Waals surface area contributed by atoms with Crippen LogP contribution in [0.3, 0.4) is 0 Å². The number of benzene rings is 1. The summed E-state index contributed by atoms with van der Waals surface area (Å²) in [5, 5.41) is 3.22. The Morgan fingerprint density at radius 2 is 2.29 bits per heavy atom. The van der Waals surface area contributed by atoms with Crippen LogP contribution in [0.2, 0.25) is 5.02 Å². The van der Waals surface area contributed by atoms with Crippen molar-refractivity contribution in [3.8, 4) is 17.6 Å². The number of anilines is 1. The number of nitrogens with one attached hydrogen (secondary N) is 2. The number of hydrogen-bond acceptors (Lipinski definition) is 3. The molecular formula is C15H14ClN3O2. The minimum absolute atomic E-state index is 0.273. The van der Waals surface area contributed by atoms with E-state index in [9.17, 15) is 4.79 Å². The number of aromatic amines is 1. The van der Waals surface area contributed by atoms with E-state index >= 15 is 0 Å². The van der Waals surface area contributed by atoms with Crippen molar-refractivity contribution < 1.29 is 9.53 Å². The van der Waals surface area contributed by atoms with Crippen molar-refractivity contribution in [2.24, 2.45) is 5.73 Å². The molecule has 2 rings (SSSR count). The van der Waals surface area contributed by atoms with Gasteiger partial charge in [-0.1, -0.05) is 23.4 Å². The second kappa shape index (κ2) is 6.84. The normalized spacial score (nSPS) is 9.67. The number of carbonyl (C=O) groups excluding carboxylic acids is 1. The van der Waals surface area contributed by atoms with Gasteiger partial charge in [-0.15, -0.1) is 0 Å². The molecule has 0 unspecified atom stereocenters. The molecule has 0 atom stereocenters. The number of carbonyl (C=O) groups is 1. The van der Waals surface area contributed by atoms with E-state index in [4.69, 9.17) is 22.1 Å². The van der Waals surface area contributed by atoms with Gasteiger partial charge in [0, 0.05) is 11.8 Å². The van der Waals surface area contributed by atoms with Crippen LogP contribution >= 0.6 is 11.6 Å². The summed E-state index contributed by atoms with van der Waals surface area (Å²) in [6.07, 6.45) is 1.54. The van der Waals surface area contributed by atoms with E-state index in [0.717, 1.165) is 5.56 Å². The average molecular weight is 304 g/mol. The average Bonchev–Trinajstić information content (AvgIpc) is 2.92. The largest absolute Gasteiger partial charge is 0.495 e. The third-order valence-electron chi connectivity index (χ3n) is 2.67. The third-order valence-corrected chi connectivity index (χ3v) is 2.89. The van der Waals surface area contributed by atoms with Crippen molar-refractivity contribution in [3.63, 3.8) is 0 Å². The Labute approximate surface area is 127 Å². The van der Waals surface area contributed by atoms with Crippen LogP contribution < -0.4 is 15.8 Å². The van der Waals surface area contributed by atoms with Crippen LogP contribution in [-0.4, -0.2) is 24.5 Å². The van der Waals surface area contributed by atoms with Crippen LogP contribution in [0, 0.1) is 11.8 Å². The zero-order chi connectivity index (χ0) is 15.2. The highest BCUT2D eigenvalue weighted by Crippen LogP contribution is 2.26. The Bertz CT molecular complexity index is 713. The fourth-order valence-electron chi connectivity index (χ4n) is 1.73. The quantitative estimate of drug-likeness (QED) is 0.761. The summed E-state index contributed by atoms with van der Waals surface area (Å²) < 4.78 is 5.22. The topological polar surface area (TPSA) is 80.1 Å². The van der Waals surface area contributed by atoms with Crippen molar-refractivity contribution in [3.05, 3.63) is 46.7 Å². The van der Waals surface area contributed by atoms with Crippen LogP contribution in [0.15, 0.2) is 30.5 Å². The van der Waals surface area contributed by atoms with Gasteiger partial charge in [-0.2, -0.15) is 0 Å². The summed E-state index contributed by atoms with van der Waals surface area (Å²) in [5.41, 5.74) is 6.97. The first-order chi connectivity index (χ1) is 10.1. The summed E-state index contributed by atoms with van der Waals surface area (Å²) in [7, 11) is 1.53. The number of rotatable bonds is 3. The van der Waals surface area contributed by atoms with Gasteiger partial charge in [-0.3, -0.25) is 4.79 Å². The zero-order valence-electron chi connectivity index (χ0n) is 11.4. The van der Waals surface area contributed by atoms with Gasteiger partial charge >= 0.3 is 0 Å². The molecule has 0 radical (unpaired) electrons. The van der Waals surface area contributed by atoms with Crippen LogP contribution in [-0.2, 0) is 0 Å². The molecule has 21 heavy (non-hydrogen) atoms. The fraction of sp³-hybridized carbons (Fsp3) is 0.133. The van der Waals surface area contributed by atoms with Crippen molar-refractivity contribution in [2.75, 3.05) is 19.0 Å². The molecule has 0 saturated heterocycles. The minimum Gasteiger partial charge on any atom is -0.495 e. The summed E-state index contributed by atoms with van der Waals surface area (Å²) in [4.78, 5) is 14.9. The van der Waals surface area contributed by atoms with Crippen molar-refractivity contribution in [1.29, 1.82) is 0 Å². The van der Waals surface area contributed by atoms with Crippen molar-refractivity contribution in [1.82, 2.24) is 4.98 Å². The molecule has 4 N–H and O–H groups in total. The van der Waals surface area contributed by atoms with Crippen molar-refractivity contribution >= 4 is 23.2 Å². The Morgan fingerprint density at radius 1 is 1.48 bits per heavy atom. The van der Waals surface area contributed by atoms with Crippen LogP contribution in [0.5, 0.6) is 5.75 Å². The molecule has 0 saturated carbocycles. The maximum atomic E-state index is 12.1. The first-order valence-electron chi connectivity index (χ1n) is 6.16. The molecule has 6 heteroatoms. The fourth-order valence-corrected chi connectivity index (χ4v) is 1.89. The lowest BCUT2D eigenvalue weighted by Crippen LogP contribution is -2.13. The number of ether oxygens (including phenoxy) is 1. The van der Waals surface area contributed by atoms with Crippen LogP contribution in [0.25, 0.3) is 0 Å². The standard InChI is InChI=1S/C15H14ClN3O2/c1-21-14-5-4-10(3-2-6-17)7-12(14)19-15(20)13-8-11(16)9-18-13/h4-5,7-9,18H,6,17H2,1H3,(H,19,20). The zero-order valence-corrected chi connectivity index (χ0v) is 12.1. The molecule has 1 aromatic heterocycles. The molecule has 1 heterocycles. The van der Waals surface area contributed by atoms with E-state index in [1.165, 1.54) is 13.3 Å². The van der Waals surface area contributed by atoms with Gasteiger partial charge in [0.05, 0.1) is 24.4 Å². The number of hydrogen-bond donors (Lipinski definition) is 3. The van der Waals surface area contributed by atoms with Gasteiger partial charge in [-0.25, -0.2) is 0 Å². The second-order valence-corrected chi connectivity index (χ2v) is 4.54. The Hall–Kier alpha value is -2.42. The highest BCUT2D eigenvalue weighted by molar-refractivity contribution is 6.31. The summed E-state index contributed by atoms with van der Waals surface area (Å²) >= 11 is 5.78. The number of H-pyrrole nitrogens is 1. The molecule has 0 bridgehead atoms. The Kier molecular flexibility index (Phi) is 4.88. The smallest absolute Gasteiger partial charge is 0.272 e. The van der Waals surface area contributed by atoms with E-state index in [-0.39, 0.29) is 12.5 Å². The molecule has 0 aliphatic heterocycles. The van der Waals surface area contributed by atoms with Gasteiger partial charge in [0.15, 0.2) is 0 Å². The molecule has 5 nitrogen and oxygen atoms in total. The molecule has 1 amide bonds. The molecule has 0 spiro atoms. The van der Waals surface area contributed by atoms with Crippen LogP contribution in [0.1, 0.15) is 16.1 Å². The van der Waals surface area contributed by atoms with E-state index in [0.29, 0.717) is 22.2 Å². The van der Waals surface area contributed by atoms with E-state index < -0.39 is 0 Å². The first-order valence-corrected chi connectivity index (χ1v) is 6.54. The maximum Gasteiger partial charge on any atom is 0.272 e. The lowest BCUT2D eigenvalue weighted by molar-refractivity contribution is 0.102. The number of methoxy groups -OCH3 is 1. The second-order valence-electron chi connectivity index (χ2n) is 4.11. The summed E-state index contributed by atoms with van der Waals surface area (Å²) in [5.74, 6) is 5.89. The molecule has 1 aromatic carbocycles. The molecule has 0 aliphatic rings. The van der Waals surface area contributed by atoms with Gasteiger partial charge in [0.1, 0.15) is 11.4 Å². The maximum absolute atomic E-state index is 12.1. The lowest BCUT2D eigenvalue weighted by atomic mass is 10.2. The Balaban J connectivity index is 2.26. The third kappa shape index (κ3) is 3.78. The number of nitrogens with two attached hydrogens (primary N) is 1. The van der Waals surface area contributed by atoms with Crippen LogP contribution in [0.4, 0.5) is 5.69 Å². The van der Waals surface area contributed by atoms with E-state index in [1.54, 1.807) is 24.3 Å². The number of amides is 1. The molecule has 2 aromatic rings. The molecular weight excluding hydrogens is 290 g/mol. The van der Waals surface area contributed by atoms with Crippen molar-refractivity contribution in [2.45, 2.75) is 0 Å². The summed E-state index contributed by atoms with van der Waals surface area (Å²) in [6.45, 7) is 0.273. The number of halogens is 1. The SMILES string of the molecule is COc1ccc(C#CCN)cc1NC(=O)c1cc(Cl)c[nH]1. The lowest BCUT2D eigenvalue weighted by Gasteiger charge is -2.10. The predicted octanol–water partition coefficient (Wildman–Crippen LogP) is 2.24. The van der Waals surface area contributed by atoms with Gasteiger partial charge in [-0.05, 0) is 24.3 Å². The van der Waals surface area contributed by atoms with Gasteiger partial charge in [0.25, 0.3) is 5.91 Å². The van der Waals surface area contributed by atoms with Gasteiger partial charge < -0.3 is 20.8 Å². The predicted molar refractivity (Wildman–Crippen MR) is 82.7 cm³/mol.